The summed E-state index contributed by atoms with van der Waals surface area (Å²) in [6.45, 7) is -0.480. The molecule has 2 amide bonds. The summed E-state index contributed by atoms with van der Waals surface area (Å²) >= 11 is 6.56. The van der Waals surface area contributed by atoms with Crippen LogP contribution in [0.15, 0.2) is 77.7 Å². The molecule has 1 N–H and O–H groups in total. The summed E-state index contributed by atoms with van der Waals surface area (Å²) < 4.78 is 50.2. The second-order valence-electron chi connectivity index (χ2n) is 7.66. The SMILES string of the molecule is COc1ccc(N2C(=O)/C(=C/c3ccc(OCC(=O)Nc4ccccc4C(F)(F)F)cc3)SC2=S)cc1. The summed E-state index contributed by atoms with van der Waals surface area (Å²) in [5, 5.41) is 2.22. The molecule has 37 heavy (non-hydrogen) atoms. The average molecular weight is 545 g/mol. The van der Waals surface area contributed by atoms with Crippen LogP contribution in [-0.2, 0) is 15.8 Å². The maximum Gasteiger partial charge on any atom is 0.418 e. The van der Waals surface area contributed by atoms with Gasteiger partial charge >= 0.3 is 6.18 Å². The molecule has 4 rings (SSSR count). The summed E-state index contributed by atoms with van der Waals surface area (Å²) in [6.07, 6.45) is -2.91. The minimum absolute atomic E-state index is 0.253. The molecule has 190 valence electrons. The number of ether oxygens (including phenoxy) is 2. The lowest BCUT2D eigenvalue weighted by molar-refractivity contribution is -0.137. The van der Waals surface area contributed by atoms with Crippen molar-refractivity contribution in [2.24, 2.45) is 0 Å². The molecule has 0 atom stereocenters. The van der Waals surface area contributed by atoms with Crippen LogP contribution >= 0.6 is 24.0 Å². The van der Waals surface area contributed by atoms with Gasteiger partial charge in [-0.15, -0.1) is 0 Å². The van der Waals surface area contributed by atoms with E-state index in [-0.39, 0.29) is 11.6 Å². The van der Waals surface area contributed by atoms with Crippen molar-refractivity contribution >= 4 is 57.6 Å². The number of hydrogen-bond donors (Lipinski definition) is 1. The second-order valence-corrected chi connectivity index (χ2v) is 9.34. The Kier molecular flexibility index (Phi) is 7.84. The summed E-state index contributed by atoms with van der Waals surface area (Å²) in [5.41, 5.74) is 0.0497. The summed E-state index contributed by atoms with van der Waals surface area (Å²) in [4.78, 5) is 27.0. The maximum absolute atomic E-state index is 13.1. The molecule has 0 radical (unpaired) electrons. The van der Waals surface area contributed by atoms with Crippen LogP contribution in [0, 0.1) is 0 Å². The van der Waals surface area contributed by atoms with E-state index in [1.165, 1.54) is 34.9 Å². The Morgan fingerprint density at radius 1 is 1.03 bits per heavy atom. The van der Waals surface area contributed by atoms with Crippen molar-refractivity contribution in [3.8, 4) is 11.5 Å². The van der Waals surface area contributed by atoms with E-state index in [1.807, 2.05) is 0 Å². The van der Waals surface area contributed by atoms with Crippen molar-refractivity contribution in [1.82, 2.24) is 0 Å². The van der Waals surface area contributed by atoms with Gasteiger partial charge in [-0.2, -0.15) is 13.2 Å². The maximum atomic E-state index is 13.1. The monoisotopic (exact) mass is 544 g/mol. The normalized spacial score (nSPS) is 14.7. The van der Waals surface area contributed by atoms with Gasteiger partial charge in [-0.25, -0.2) is 0 Å². The van der Waals surface area contributed by atoms with E-state index < -0.39 is 24.3 Å². The minimum Gasteiger partial charge on any atom is -0.497 e. The molecule has 0 unspecified atom stereocenters. The van der Waals surface area contributed by atoms with Crippen molar-refractivity contribution in [1.29, 1.82) is 0 Å². The largest absolute Gasteiger partial charge is 0.497 e. The van der Waals surface area contributed by atoms with E-state index in [1.54, 1.807) is 61.7 Å². The zero-order valence-corrected chi connectivity index (χ0v) is 20.9. The highest BCUT2D eigenvalue weighted by atomic mass is 32.2. The third-order valence-corrected chi connectivity index (χ3v) is 6.48. The number of nitrogens with zero attached hydrogens (tertiary/aromatic N) is 1. The number of thioether (sulfide) groups is 1. The lowest BCUT2D eigenvalue weighted by Gasteiger charge is -2.14. The second kappa shape index (κ2) is 11.1. The van der Waals surface area contributed by atoms with Gasteiger partial charge in [0.05, 0.1) is 29.0 Å². The van der Waals surface area contributed by atoms with Crippen molar-refractivity contribution in [2.75, 3.05) is 23.9 Å². The number of carbonyl (C=O) groups excluding carboxylic acids is 2. The number of nitrogens with one attached hydrogen (secondary N) is 1. The molecule has 1 fully saturated rings. The van der Waals surface area contributed by atoms with Gasteiger partial charge in [-0.3, -0.25) is 14.5 Å². The van der Waals surface area contributed by atoms with E-state index in [9.17, 15) is 22.8 Å². The Labute approximate surface area is 220 Å². The molecule has 0 spiro atoms. The number of rotatable bonds is 7. The van der Waals surface area contributed by atoms with Crippen LogP contribution in [0.1, 0.15) is 11.1 Å². The molecule has 3 aromatic rings. The number of halogens is 3. The molecule has 6 nitrogen and oxygen atoms in total. The molecule has 0 saturated carbocycles. The number of carbonyl (C=O) groups is 2. The fraction of sp³-hybridized carbons (Fsp3) is 0.115. The van der Waals surface area contributed by atoms with Gasteiger partial charge in [0.25, 0.3) is 11.8 Å². The lowest BCUT2D eigenvalue weighted by Crippen LogP contribution is -2.27. The van der Waals surface area contributed by atoms with Crippen molar-refractivity contribution in [3.05, 3.63) is 88.8 Å². The first-order valence-corrected chi connectivity index (χ1v) is 12.0. The molecule has 0 bridgehead atoms. The quantitative estimate of drug-likeness (QED) is 0.285. The number of benzene rings is 3. The van der Waals surface area contributed by atoms with Gasteiger partial charge in [-0.05, 0) is 60.2 Å². The van der Waals surface area contributed by atoms with Crippen molar-refractivity contribution in [2.45, 2.75) is 6.18 Å². The van der Waals surface area contributed by atoms with Gasteiger partial charge in [-0.1, -0.05) is 48.2 Å². The number of alkyl halides is 3. The van der Waals surface area contributed by atoms with Crippen LogP contribution in [0.5, 0.6) is 11.5 Å². The molecule has 1 aliphatic rings. The van der Waals surface area contributed by atoms with E-state index >= 15 is 0 Å². The zero-order valence-electron chi connectivity index (χ0n) is 19.2. The van der Waals surface area contributed by atoms with E-state index in [0.717, 1.165) is 6.07 Å². The highest BCUT2D eigenvalue weighted by Crippen LogP contribution is 2.37. The Bertz CT molecular complexity index is 1360. The van der Waals surface area contributed by atoms with Crippen LogP contribution in [0.3, 0.4) is 0 Å². The van der Waals surface area contributed by atoms with Crippen LogP contribution in [0.4, 0.5) is 24.5 Å². The molecule has 1 aliphatic heterocycles. The molecular formula is C26H19F3N2O4S2. The average Bonchev–Trinajstić information content (AvgIpc) is 3.15. The molecule has 11 heteroatoms. The van der Waals surface area contributed by atoms with Crippen LogP contribution in [-0.4, -0.2) is 29.9 Å². The van der Waals surface area contributed by atoms with Gasteiger partial charge < -0.3 is 14.8 Å². The summed E-state index contributed by atoms with van der Waals surface area (Å²) in [5.74, 6) is 0.0112. The Balaban J connectivity index is 1.37. The molecule has 1 saturated heterocycles. The van der Waals surface area contributed by atoms with Gasteiger partial charge in [0.15, 0.2) is 10.9 Å². The zero-order chi connectivity index (χ0) is 26.6. The number of anilines is 2. The van der Waals surface area contributed by atoms with Crippen LogP contribution < -0.4 is 19.7 Å². The van der Waals surface area contributed by atoms with Crippen LogP contribution in [0.2, 0.25) is 0 Å². The molecular weight excluding hydrogens is 525 g/mol. The summed E-state index contributed by atoms with van der Waals surface area (Å²) in [7, 11) is 1.56. The van der Waals surface area contributed by atoms with Gasteiger partial charge in [0.2, 0.25) is 0 Å². The van der Waals surface area contributed by atoms with Gasteiger partial charge in [0, 0.05) is 0 Å². The van der Waals surface area contributed by atoms with Crippen molar-refractivity contribution in [3.63, 3.8) is 0 Å². The number of amides is 2. The third kappa shape index (κ3) is 6.30. The highest BCUT2D eigenvalue weighted by molar-refractivity contribution is 8.27. The number of methoxy groups -OCH3 is 1. The third-order valence-electron chi connectivity index (χ3n) is 5.18. The highest BCUT2D eigenvalue weighted by Gasteiger charge is 2.34. The predicted molar refractivity (Wildman–Crippen MR) is 141 cm³/mol. The molecule has 3 aromatic carbocycles. The molecule has 0 aromatic heterocycles. The fourth-order valence-electron chi connectivity index (χ4n) is 3.41. The first-order valence-electron chi connectivity index (χ1n) is 10.8. The topological polar surface area (TPSA) is 67.9 Å². The first-order chi connectivity index (χ1) is 17.7. The fourth-order valence-corrected chi connectivity index (χ4v) is 4.71. The van der Waals surface area contributed by atoms with E-state index in [4.69, 9.17) is 21.7 Å². The standard InChI is InChI=1S/C26H19F3N2O4S2/c1-34-18-12-8-17(9-13-18)31-24(33)22(37-25(31)36)14-16-6-10-19(11-7-16)35-15-23(32)30-21-5-3-2-4-20(21)26(27,28)29/h2-14H,15H2,1H3,(H,30,32)/b22-14-. The smallest absolute Gasteiger partial charge is 0.418 e. The Hall–Kier alpha value is -3.83. The van der Waals surface area contributed by atoms with Crippen molar-refractivity contribution < 1.29 is 32.2 Å². The predicted octanol–water partition coefficient (Wildman–Crippen LogP) is 6.14. The molecule has 0 aliphatic carbocycles. The Morgan fingerprint density at radius 2 is 1.68 bits per heavy atom. The van der Waals surface area contributed by atoms with Gasteiger partial charge in [0.1, 0.15) is 11.5 Å². The number of thiocarbonyl (C=S) groups is 1. The molecule has 1 heterocycles. The Morgan fingerprint density at radius 3 is 2.32 bits per heavy atom. The first kappa shape index (κ1) is 26.2. The summed E-state index contributed by atoms with van der Waals surface area (Å²) in [6, 6.07) is 18.2. The van der Waals surface area contributed by atoms with Crippen LogP contribution in [0.25, 0.3) is 6.08 Å². The number of para-hydroxylation sites is 1. The lowest BCUT2D eigenvalue weighted by atomic mass is 10.1. The van der Waals surface area contributed by atoms with E-state index in [0.29, 0.717) is 32.0 Å². The van der Waals surface area contributed by atoms with E-state index in [2.05, 4.69) is 5.32 Å². The number of hydrogen-bond acceptors (Lipinski definition) is 6. The minimum atomic E-state index is -4.59.